The van der Waals surface area contributed by atoms with Gasteiger partial charge in [0.05, 0.1) is 5.57 Å². The van der Waals surface area contributed by atoms with Crippen molar-refractivity contribution >= 4 is 28.8 Å². The molecule has 2 aromatic rings. The van der Waals surface area contributed by atoms with Gasteiger partial charge in [0.2, 0.25) is 0 Å². The van der Waals surface area contributed by atoms with Crippen LogP contribution in [0.1, 0.15) is 11.1 Å². The Balaban J connectivity index is 2.51. The van der Waals surface area contributed by atoms with Crippen molar-refractivity contribution in [1.82, 2.24) is 0 Å². The normalized spacial score (nSPS) is 10.2. The van der Waals surface area contributed by atoms with Gasteiger partial charge in [-0.3, -0.25) is 0 Å². The van der Waals surface area contributed by atoms with Gasteiger partial charge in [0.25, 0.3) is 6.08 Å². The van der Waals surface area contributed by atoms with Crippen LogP contribution in [0, 0.1) is 0 Å². The molecular formula is C14H8Cl2F2. The summed E-state index contributed by atoms with van der Waals surface area (Å²) in [5.74, 6) is 0. The van der Waals surface area contributed by atoms with E-state index >= 15 is 0 Å². The maximum absolute atomic E-state index is 13.1. The molecule has 0 saturated heterocycles. The van der Waals surface area contributed by atoms with Crippen molar-refractivity contribution < 1.29 is 8.78 Å². The first-order valence-corrected chi connectivity index (χ1v) is 5.90. The Labute approximate surface area is 113 Å². The zero-order valence-electron chi connectivity index (χ0n) is 9.13. The Morgan fingerprint density at radius 3 is 1.28 bits per heavy atom. The SMILES string of the molecule is FC(F)=C(c1ccc(Cl)cc1)c1ccc(Cl)cc1. The molecule has 0 aromatic heterocycles. The molecule has 2 rings (SSSR count). The molecule has 18 heavy (non-hydrogen) atoms. The number of rotatable bonds is 2. The molecule has 0 radical (unpaired) electrons. The number of hydrogen-bond acceptors (Lipinski definition) is 0. The van der Waals surface area contributed by atoms with Gasteiger partial charge in [-0.15, -0.1) is 0 Å². The molecule has 0 saturated carbocycles. The standard InChI is InChI=1S/C14H8Cl2F2/c15-11-5-1-9(2-6-11)13(14(17)18)10-3-7-12(16)8-4-10/h1-8H. The quantitative estimate of drug-likeness (QED) is 0.669. The number of hydrogen-bond donors (Lipinski definition) is 0. The average molecular weight is 285 g/mol. The van der Waals surface area contributed by atoms with Crippen LogP contribution >= 0.6 is 23.2 Å². The molecule has 0 aliphatic heterocycles. The lowest BCUT2D eigenvalue weighted by atomic mass is 9.99. The zero-order chi connectivity index (χ0) is 13.1. The number of benzene rings is 2. The minimum atomic E-state index is -1.74. The van der Waals surface area contributed by atoms with E-state index in [4.69, 9.17) is 23.2 Å². The van der Waals surface area contributed by atoms with Crippen LogP contribution in [0.5, 0.6) is 0 Å². The molecule has 0 spiro atoms. The van der Waals surface area contributed by atoms with Crippen molar-refractivity contribution in [3.8, 4) is 0 Å². The van der Waals surface area contributed by atoms with Gasteiger partial charge in [0.1, 0.15) is 0 Å². The molecule has 92 valence electrons. The Kier molecular flexibility index (Phi) is 4.00. The lowest BCUT2D eigenvalue weighted by molar-refractivity contribution is 0.426. The van der Waals surface area contributed by atoms with Gasteiger partial charge in [-0.2, -0.15) is 8.78 Å². The van der Waals surface area contributed by atoms with Crippen LogP contribution in [-0.2, 0) is 0 Å². The highest BCUT2D eigenvalue weighted by Crippen LogP contribution is 2.29. The second-order valence-corrected chi connectivity index (χ2v) is 4.52. The highest BCUT2D eigenvalue weighted by Gasteiger charge is 2.12. The summed E-state index contributed by atoms with van der Waals surface area (Å²) in [6.07, 6.45) is -1.74. The van der Waals surface area contributed by atoms with Gasteiger partial charge >= 0.3 is 0 Å². The van der Waals surface area contributed by atoms with E-state index in [1.54, 1.807) is 48.5 Å². The van der Waals surface area contributed by atoms with Crippen LogP contribution in [0.4, 0.5) is 8.78 Å². The monoisotopic (exact) mass is 284 g/mol. The third kappa shape index (κ3) is 2.89. The molecule has 0 amide bonds. The fourth-order valence-corrected chi connectivity index (χ4v) is 1.87. The van der Waals surface area contributed by atoms with E-state index in [-0.39, 0.29) is 5.57 Å². The molecule has 0 nitrogen and oxygen atoms in total. The largest absolute Gasteiger partial charge is 0.278 e. The van der Waals surface area contributed by atoms with Crippen molar-refractivity contribution in [3.63, 3.8) is 0 Å². The van der Waals surface area contributed by atoms with Crippen molar-refractivity contribution in [2.45, 2.75) is 0 Å². The summed E-state index contributed by atoms with van der Waals surface area (Å²) in [6.45, 7) is 0. The summed E-state index contributed by atoms with van der Waals surface area (Å²) in [6, 6.07) is 12.6. The van der Waals surface area contributed by atoms with E-state index in [1.807, 2.05) is 0 Å². The van der Waals surface area contributed by atoms with Crippen LogP contribution < -0.4 is 0 Å². The first-order valence-electron chi connectivity index (χ1n) is 5.15. The second kappa shape index (κ2) is 5.51. The van der Waals surface area contributed by atoms with E-state index in [1.165, 1.54) is 0 Å². The fraction of sp³-hybridized carbons (Fsp3) is 0. The van der Waals surface area contributed by atoms with E-state index in [2.05, 4.69) is 0 Å². The predicted molar refractivity (Wildman–Crippen MR) is 71.1 cm³/mol. The molecule has 0 atom stereocenters. The third-order valence-electron chi connectivity index (χ3n) is 2.45. The lowest BCUT2D eigenvalue weighted by Crippen LogP contribution is -1.89. The van der Waals surface area contributed by atoms with Gasteiger partial charge in [-0.25, -0.2) is 0 Å². The third-order valence-corrected chi connectivity index (χ3v) is 2.96. The molecule has 0 aliphatic rings. The summed E-state index contributed by atoms with van der Waals surface area (Å²) in [4.78, 5) is 0. The van der Waals surface area contributed by atoms with E-state index in [0.717, 1.165) is 0 Å². The van der Waals surface area contributed by atoms with Crippen molar-refractivity contribution in [2.24, 2.45) is 0 Å². The maximum Gasteiger partial charge on any atom is 0.278 e. The van der Waals surface area contributed by atoms with Crippen molar-refractivity contribution in [1.29, 1.82) is 0 Å². The van der Waals surface area contributed by atoms with Crippen LogP contribution in [0.15, 0.2) is 54.6 Å². The Morgan fingerprint density at radius 2 is 1.00 bits per heavy atom. The maximum atomic E-state index is 13.1. The summed E-state index contributed by atoms with van der Waals surface area (Å²) in [5.41, 5.74) is 0.728. The van der Waals surface area contributed by atoms with Crippen LogP contribution in [0.2, 0.25) is 10.0 Å². The molecule has 0 N–H and O–H groups in total. The Morgan fingerprint density at radius 1 is 0.667 bits per heavy atom. The number of halogens is 4. The van der Waals surface area contributed by atoms with Crippen LogP contribution in [-0.4, -0.2) is 0 Å². The van der Waals surface area contributed by atoms with Gasteiger partial charge in [-0.1, -0.05) is 47.5 Å². The van der Waals surface area contributed by atoms with Crippen molar-refractivity contribution in [3.05, 3.63) is 75.8 Å². The average Bonchev–Trinajstić information content (AvgIpc) is 2.34. The second-order valence-electron chi connectivity index (χ2n) is 3.65. The minimum absolute atomic E-state index is 0.108. The molecule has 0 heterocycles. The van der Waals surface area contributed by atoms with Gasteiger partial charge in [-0.05, 0) is 35.4 Å². The molecular weight excluding hydrogens is 277 g/mol. The molecule has 0 fully saturated rings. The highest BCUT2D eigenvalue weighted by molar-refractivity contribution is 6.31. The summed E-state index contributed by atoms with van der Waals surface area (Å²) in [7, 11) is 0. The zero-order valence-corrected chi connectivity index (χ0v) is 10.6. The predicted octanol–water partition coefficient (Wildman–Crippen LogP) is 5.65. The molecule has 0 bridgehead atoms. The minimum Gasteiger partial charge on any atom is -0.173 e. The van der Waals surface area contributed by atoms with Gasteiger partial charge in [0, 0.05) is 10.0 Å². The van der Waals surface area contributed by atoms with E-state index in [0.29, 0.717) is 21.2 Å². The van der Waals surface area contributed by atoms with Gasteiger partial charge in [0.15, 0.2) is 0 Å². The summed E-state index contributed by atoms with van der Waals surface area (Å²) in [5, 5.41) is 1.02. The molecule has 4 heteroatoms. The highest BCUT2D eigenvalue weighted by atomic mass is 35.5. The summed E-state index contributed by atoms with van der Waals surface area (Å²) >= 11 is 11.5. The molecule has 0 unspecified atom stereocenters. The molecule has 0 aliphatic carbocycles. The van der Waals surface area contributed by atoms with E-state index in [9.17, 15) is 8.78 Å². The first kappa shape index (κ1) is 13.1. The van der Waals surface area contributed by atoms with Crippen LogP contribution in [0.3, 0.4) is 0 Å². The Bertz CT molecular complexity index is 520. The first-order chi connectivity index (χ1) is 8.58. The summed E-state index contributed by atoms with van der Waals surface area (Å²) < 4.78 is 26.2. The molecule has 2 aromatic carbocycles. The van der Waals surface area contributed by atoms with Gasteiger partial charge < -0.3 is 0 Å². The van der Waals surface area contributed by atoms with E-state index < -0.39 is 6.08 Å². The smallest absolute Gasteiger partial charge is 0.173 e. The lowest BCUT2D eigenvalue weighted by Gasteiger charge is -2.07. The van der Waals surface area contributed by atoms with Crippen molar-refractivity contribution in [2.75, 3.05) is 0 Å². The topological polar surface area (TPSA) is 0 Å². The fourth-order valence-electron chi connectivity index (χ4n) is 1.62. The Hall–Kier alpha value is -1.38. The van der Waals surface area contributed by atoms with Crippen LogP contribution in [0.25, 0.3) is 5.57 Å².